The normalized spacial score (nSPS) is 15.4. The highest BCUT2D eigenvalue weighted by Crippen LogP contribution is 2.23. The van der Waals surface area contributed by atoms with Crippen molar-refractivity contribution in [2.24, 2.45) is 5.92 Å². The zero-order chi connectivity index (χ0) is 19.9. The first-order valence-electron chi connectivity index (χ1n) is 9.61. The minimum atomic E-state index is -0.203. The van der Waals surface area contributed by atoms with Crippen LogP contribution in [0.15, 0.2) is 42.6 Å². The van der Waals surface area contributed by atoms with E-state index in [-0.39, 0.29) is 18.0 Å². The SMILES string of the molecule is CC(C)[C@H](NC(=O)NCc1cccnc1N1CCOCC1)c1ccc(Cl)cc1. The highest BCUT2D eigenvalue weighted by atomic mass is 35.5. The van der Waals surface area contributed by atoms with Gasteiger partial charge in [-0.15, -0.1) is 0 Å². The molecule has 0 spiro atoms. The molecule has 0 saturated carbocycles. The number of nitrogens with one attached hydrogen (secondary N) is 2. The molecule has 1 fully saturated rings. The van der Waals surface area contributed by atoms with E-state index in [1.807, 2.05) is 36.4 Å². The Bertz CT molecular complexity index is 776. The van der Waals surface area contributed by atoms with Crippen LogP contribution in [0, 0.1) is 5.92 Å². The lowest BCUT2D eigenvalue weighted by Gasteiger charge is -2.29. The number of hydrogen-bond donors (Lipinski definition) is 2. The van der Waals surface area contributed by atoms with Gasteiger partial charge in [-0.2, -0.15) is 0 Å². The Labute approximate surface area is 171 Å². The first-order valence-corrected chi connectivity index (χ1v) is 9.99. The fourth-order valence-electron chi connectivity index (χ4n) is 3.30. The average Bonchev–Trinajstić information content (AvgIpc) is 2.72. The Kier molecular flexibility index (Phi) is 7.12. The Balaban J connectivity index is 1.62. The number of rotatable bonds is 6. The maximum atomic E-state index is 12.6. The standard InChI is InChI=1S/C21H27ClN4O2/c1-15(2)19(16-5-7-18(22)8-6-16)25-21(27)24-14-17-4-3-9-23-20(17)26-10-12-28-13-11-26/h3-9,15,19H,10-14H2,1-2H3,(H2,24,25,27)/t19-/m0/s1. The number of aromatic nitrogens is 1. The Morgan fingerprint density at radius 3 is 2.61 bits per heavy atom. The number of carbonyl (C=O) groups excluding carboxylic acids is 1. The summed E-state index contributed by atoms with van der Waals surface area (Å²) in [5.74, 6) is 1.15. The van der Waals surface area contributed by atoms with Gasteiger partial charge in [0.2, 0.25) is 0 Å². The molecule has 0 unspecified atom stereocenters. The average molecular weight is 403 g/mol. The van der Waals surface area contributed by atoms with Crippen LogP contribution in [0.25, 0.3) is 0 Å². The minimum absolute atomic E-state index is 0.0927. The van der Waals surface area contributed by atoms with E-state index in [1.165, 1.54) is 0 Å². The van der Waals surface area contributed by atoms with Crippen LogP contribution in [0.3, 0.4) is 0 Å². The smallest absolute Gasteiger partial charge is 0.315 e. The van der Waals surface area contributed by atoms with Crippen LogP contribution >= 0.6 is 11.6 Å². The molecule has 1 aliphatic rings. The van der Waals surface area contributed by atoms with Gasteiger partial charge in [0.05, 0.1) is 19.3 Å². The summed E-state index contributed by atoms with van der Waals surface area (Å²) in [6.45, 7) is 7.58. The van der Waals surface area contributed by atoms with Crippen LogP contribution in [0.4, 0.5) is 10.6 Å². The minimum Gasteiger partial charge on any atom is -0.378 e. The van der Waals surface area contributed by atoms with E-state index in [0.717, 1.165) is 30.0 Å². The van der Waals surface area contributed by atoms with E-state index in [1.54, 1.807) is 6.20 Å². The summed E-state index contributed by atoms with van der Waals surface area (Å²) >= 11 is 5.98. The topological polar surface area (TPSA) is 66.5 Å². The van der Waals surface area contributed by atoms with Crippen molar-refractivity contribution in [2.75, 3.05) is 31.2 Å². The van der Waals surface area contributed by atoms with Crippen molar-refractivity contribution < 1.29 is 9.53 Å². The van der Waals surface area contributed by atoms with Crippen molar-refractivity contribution in [3.63, 3.8) is 0 Å². The van der Waals surface area contributed by atoms with Gasteiger partial charge in [0.15, 0.2) is 0 Å². The molecule has 0 radical (unpaired) electrons. The van der Waals surface area contributed by atoms with Crippen LogP contribution in [0.2, 0.25) is 5.02 Å². The van der Waals surface area contributed by atoms with Crippen molar-refractivity contribution in [3.8, 4) is 0 Å². The van der Waals surface area contributed by atoms with E-state index in [0.29, 0.717) is 24.8 Å². The van der Waals surface area contributed by atoms with Crippen LogP contribution in [-0.2, 0) is 11.3 Å². The van der Waals surface area contributed by atoms with Crippen LogP contribution in [0.1, 0.15) is 31.0 Å². The summed E-state index contributed by atoms with van der Waals surface area (Å²) in [5, 5.41) is 6.73. The molecular weight excluding hydrogens is 376 g/mol. The van der Waals surface area contributed by atoms with Gasteiger partial charge in [0.1, 0.15) is 5.82 Å². The Hall–Kier alpha value is -2.31. The molecule has 1 aromatic carbocycles. The number of carbonyl (C=O) groups is 1. The van der Waals surface area contributed by atoms with Gasteiger partial charge < -0.3 is 20.3 Å². The lowest BCUT2D eigenvalue weighted by Crippen LogP contribution is -2.40. The summed E-state index contributed by atoms with van der Waals surface area (Å²) < 4.78 is 5.42. The number of ether oxygens (including phenoxy) is 1. The third-order valence-electron chi connectivity index (χ3n) is 4.80. The Morgan fingerprint density at radius 2 is 1.93 bits per heavy atom. The second-order valence-corrected chi connectivity index (χ2v) is 7.62. The number of hydrogen-bond acceptors (Lipinski definition) is 4. The van der Waals surface area contributed by atoms with Gasteiger partial charge in [0.25, 0.3) is 0 Å². The summed E-state index contributed by atoms with van der Waals surface area (Å²) in [4.78, 5) is 19.3. The highest BCUT2D eigenvalue weighted by molar-refractivity contribution is 6.30. The van der Waals surface area contributed by atoms with Crippen molar-refractivity contribution in [3.05, 3.63) is 58.7 Å². The van der Waals surface area contributed by atoms with Gasteiger partial charge >= 0.3 is 6.03 Å². The molecule has 150 valence electrons. The third-order valence-corrected chi connectivity index (χ3v) is 5.05. The van der Waals surface area contributed by atoms with Crippen molar-refractivity contribution in [1.82, 2.24) is 15.6 Å². The molecule has 0 bridgehead atoms. The lowest BCUT2D eigenvalue weighted by atomic mass is 9.96. The van der Waals surface area contributed by atoms with Crippen molar-refractivity contribution in [2.45, 2.75) is 26.4 Å². The number of amides is 2. The molecule has 2 heterocycles. The van der Waals surface area contributed by atoms with Gasteiger partial charge in [-0.05, 0) is 29.7 Å². The first-order chi connectivity index (χ1) is 13.5. The maximum absolute atomic E-state index is 12.6. The second kappa shape index (κ2) is 9.75. The molecule has 1 aromatic heterocycles. The van der Waals surface area contributed by atoms with E-state index in [9.17, 15) is 4.79 Å². The van der Waals surface area contributed by atoms with E-state index in [2.05, 4.69) is 34.4 Å². The zero-order valence-corrected chi connectivity index (χ0v) is 17.1. The van der Waals surface area contributed by atoms with E-state index >= 15 is 0 Å². The number of halogens is 1. The van der Waals surface area contributed by atoms with Gasteiger partial charge in [-0.3, -0.25) is 0 Å². The fraction of sp³-hybridized carbons (Fsp3) is 0.429. The molecular formula is C21H27ClN4O2. The molecule has 28 heavy (non-hydrogen) atoms. The molecule has 0 aliphatic carbocycles. The number of pyridine rings is 1. The van der Waals surface area contributed by atoms with Crippen LogP contribution in [-0.4, -0.2) is 37.3 Å². The van der Waals surface area contributed by atoms with Crippen molar-refractivity contribution in [1.29, 1.82) is 0 Å². The number of urea groups is 1. The van der Waals surface area contributed by atoms with Crippen LogP contribution in [0.5, 0.6) is 0 Å². The maximum Gasteiger partial charge on any atom is 0.315 e. The summed E-state index contributed by atoms with van der Waals surface area (Å²) in [5.41, 5.74) is 2.03. The van der Waals surface area contributed by atoms with Crippen molar-refractivity contribution >= 4 is 23.4 Å². The second-order valence-electron chi connectivity index (χ2n) is 7.19. The number of nitrogens with zero attached hydrogens (tertiary/aromatic N) is 2. The molecule has 2 N–H and O–H groups in total. The number of benzene rings is 1. The largest absolute Gasteiger partial charge is 0.378 e. The Morgan fingerprint density at radius 1 is 1.21 bits per heavy atom. The zero-order valence-electron chi connectivity index (χ0n) is 16.3. The van der Waals surface area contributed by atoms with Gasteiger partial charge in [0, 0.05) is 36.4 Å². The van der Waals surface area contributed by atoms with Gasteiger partial charge in [-0.25, -0.2) is 9.78 Å². The molecule has 1 aliphatic heterocycles. The van der Waals surface area contributed by atoms with E-state index in [4.69, 9.17) is 16.3 Å². The van der Waals surface area contributed by atoms with Gasteiger partial charge in [-0.1, -0.05) is 43.6 Å². The lowest BCUT2D eigenvalue weighted by molar-refractivity contribution is 0.122. The molecule has 1 saturated heterocycles. The van der Waals surface area contributed by atoms with E-state index < -0.39 is 0 Å². The molecule has 7 heteroatoms. The molecule has 6 nitrogen and oxygen atoms in total. The summed E-state index contributed by atoms with van der Waals surface area (Å²) in [6, 6.07) is 11.2. The molecule has 1 atom stereocenters. The number of anilines is 1. The fourth-order valence-corrected chi connectivity index (χ4v) is 3.43. The highest BCUT2D eigenvalue weighted by Gasteiger charge is 2.19. The molecule has 2 amide bonds. The predicted octanol–water partition coefficient (Wildman–Crippen LogP) is 3.77. The first kappa shape index (κ1) is 20.4. The third kappa shape index (κ3) is 5.36. The summed E-state index contributed by atoms with van der Waals surface area (Å²) in [6.07, 6.45) is 1.78. The molecule has 2 aromatic rings. The predicted molar refractivity (Wildman–Crippen MR) is 112 cm³/mol. The van der Waals surface area contributed by atoms with Crippen LogP contribution < -0.4 is 15.5 Å². The monoisotopic (exact) mass is 402 g/mol. The number of morpholine rings is 1. The quantitative estimate of drug-likeness (QED) is 0.771. The molecule has 3 rings (SSSR count). The summed E-state index contributed by atoms with van der Waals surface area (Å²) in [7, 11) is 0.